The van der Waals surface area contributed by atoms with Crippen molar-refractivity contribution in [2.75, 3.05) is 0 Å². The summed E-state index contributed by atoms with van der Waals surface area (Å²) < 4.78 is 37.5. The molecule has 0 heterocycles. The van der Waals surface area contributed by atoms with Crippen LogP contribution in [-0.2, 0) is 6.18 Å². The highest BCUT2D eigenvalue weighted by atomic mass is 19.4. The van der Waals surface area contributed by atoms with Gasteiger partial charge in [0.25, 0.3) is 0 Å². The maximum Gasteiger partial charge on any atom is 0.416 e. The van der Waals surface area contributed by atoms with Gasteiger partial charge in [0.15, 0.2) is 0 Å². The van der Waals surface area contributed by atoms with Crippen LogP contribution in [0.15, 0.2) is 42.5 Å². The summed E-state index contributed by atoms with van der Waals surface area (Å²) in [6, 6.07) is 9.39. The fourth-order valence-electron chi connectivity index (χ4n) is 2.02. The maximum atomic E-state index is 12.5. The van der Waals surface area contributed by atoms with Gasteiger partial charge in [-0.15, -0.1) is 0 Å². The molecule has 0 fully saturated rings. The monoisotopic (exact) mass is 280 g/mol. The van der Waals surface area contributed by atoms with Crippen molar-refractivity contribution in [3.63, 3.8) is 0 Å². The highest BCUT2D eigenvalue weighted by Gasteiger charge is 2.30. The lowest BCUT2D eigenvalue weighted by Gasteiger charge is -2.11. The molecule has 0 unspecified atom stereocenters. The van der Waals surface area contributed by atoms with Gasteiger partial charge in [0.1, 0.15) is 0 Å². The smallest absolute Gasteiger partial charge is 0.416 e. The van der Waals surface area contributed by atoms with Gasteiger partial charge in [-0.1, -0.05) is 24.3 Å². The average Bonchev–Trinajstić information content (AvgIpc) is 2.38. The lowest BCUT2D eigenvalue weighted by atomic mass is 9.96. The van der Waals surface area contributed by atoms with Gasteiger partial charge in [0, 0.05) is 0 Å². The Labute approximate surface area is 113 Å². The van der Waals surface area contributed by atoms with E-state index < -0.39 is 17.7 Å². The van der Waals surface area contributed by atoms with Crippen LogP contribution in [0.5, 0.6) is 0 Å². The van der Waals surface area contributed by atoms with Gasteiger partial charge in [-0.2, -0.15) is 13.2 Å². The molecule has 0 radical (unpaired) electrons. The summed E-state index contributed by atoms with van der Waals surface area (Å²) in [4.78, 5) is 11.0. The SMILES string of the molecule is Cc1c(C(=O)O)cccc1-c1ccc(C(F)(F)F)cc1. The van der Waals surface area contributed by atoms with Gasteiger partial charge in [-0.05, 0) is 41.8 Å². The second-order valence-corrected chi connectivity index (χ2v) is 4.36. The van der Waals surface area contributed by atoms with Crippen LogP contribution in [0.4, 0.5) is 13.2 Å². The zero-order valence-corrected chi connectivity index (χ0v) is 10.5. The van der Waals surface area contributed by atoms with E-state index in [1.165, 1.54) is 18.2 Å². The number of halogens is 3. The third-order valence-electron chi connectivity index (χ3n) is 3.09. The topological polar surface area (TPSA) is 37.3 Å². The third-order valence-corrected chi connectivity index (χ3v) is 3.09. The number of rotatable bonds is 2. The molecule has 0 aliphatic rings. The van der Waals surface area contributed by atoms with Crippen molar-refractivity contribution in [2.45, 2.75) is 13.1 Å². The minimum atomic E-state index is -4.38. The molecule has 0 saturated carbocycles. The minimum absolute atomic E-state index is 0.141. The summed E-state index contributed by atoms with van der Waals surface area (Å²) in [6.07, 6.45) is -4.38. The van der Waals surface area contributed by atoms with Crippen LogP contribution >= 0.6 is 0 Å². The number of benzene rings is 2. The van der Waals surface area contributed by atoms with Crippen molar-refractivity contribution in [2.24, 2.45) is 0 Å². The molecule has 1 N–H and O–H groups in total. The molecule has 0 amide bonds. The standard InChI is InChI=1S/C15H11F3O2/c1-9-12(3-2-4-13(9)14(19)20)10-5-7-11(8-6-10)15(16,17)18/h2-8H,1H3,(H,19,20). The van der Waals surface area contributed by atoms with E-state index in [0.717, 1.165) is 12.1 Å². The molecule has 0 saturated heterocycles. The zero-order chi connectivity index (χ0) is 14.9. The number of hydrogen-bond donors (Lipinski definition) is 1. The Bertz CT molecular complexity index is 643. The summed E-state index contributed by atoms with van der Waals surface area (Å²) in [5, 5.41) is 9.04. The Morgan fingerprint density at radius 1 is 1.05 bits per heavy atom. The van der Waals surface area contributed by atoms with Gasteiger partial charge in [-0.25, -0.2) is 4.79 Å². The van der Waals surface area contributed by atoms with Crippen molar-refractivity contribution >= 4 is 5.97 Å². The molecule has 2 rings (SSSR count). The van der Waals surface area contributed by atoms with E-state index in [1.807, 2.05) is 0 Å². The van der Waals surface area contributed by atoms with Crippen LogP contribution < -0.4 is 0 Å². The van der Waals surface area contributed by atoms with Crippen molar-refractivity contribution in [1.29, 1.82) is 0 Å². The molecule has 2 aromatic carbocycles. The fourth-order valence-corrected chi connectivity index (χ4v) is 2.02. The molecule has 0 aliphatic heterocycles. The molecule has 5 heteroatoms. The molecule has 0 aromatic heterocycles. The van der Waals surface area contributed by atoms with Gasteiger partial charge >= 0.3 is 12.1 Å². The summed E-state index contributed by atoms with van der Waals surface area (Å²) in [7, 11) is 0. The third kappa shape index (κ3) is 2.66. The Hall–Kier alpha value is -2.30. The van der Waals surface area contributed by atoms with E-state index in [2.05, 4.69) is 0 Å². The van der Waals surface area contributed by atoms with Crippen LogP contribution in [0, 0.1) is 6.92 Å². The zero-order valence-electron chi connectivity index (χ0n) is 10.5. The van der Waals surface area contributed by atoms with E-state index in [4.69, 9.17) is 5.11 Å². The Morgan fingerprint density at radius 3 is 2.15 bits per heavy atom. The predicted octanol–water partition coefficient (Wildman–Crippen LogP) is 4.38. The van der Waals surface area contributed by atoms with Crippen LogP contribution in [0.2, 0.25) is 0 Å². The predicted molar refractivity (Wildman–Crippen MR) is 68.6 cm³/mol. The summed E-state index contributed by atoms with van der Waals surface area (Å²) in [5.41, 5.74) is 1.10. The Balaban J connectivity index is 2.48. The second kappa shape index (κ2) is 5.00. The van der Waals surface area contributed by atoms with E-state index in [0.29, 0.717) is 16.7 Å². The van der Waals surface area contributed by atoms with Gasteiger partial charge in [0.2, 0.25) is 0 Å². The molecule has 0 spiro atoms. The quantitative estimate of drug-likeness (QED) is 0.886. The van der Waals surface area contributed by atoms with E-state index in [-0.39, 0.29) is 5.56 Å². The van der Waals surface area contributed by atoms with E-state index >= 15 is 0 Å². The van der Waals surface area contributed by atoms with Gasteiger partial charge in [0.05, 0.1) is 11.1 Å². The van der Waals surface area contributed by atoms with Crippen LogP contribution in [0.25, 0.3) is 11.1 Å². The first kappa shape index (κ1) is 14.1. The first-order valence-electron chi connectivity index (χ1n) is 5.81. The number of aromatic carboxylic acids is 1. The molecule has 20 heavy (non-hydrogen) atoms. The maximum absolute atomic E-state index is 12.5. The van der Waals surface area contributed by atoms with Crippen LogP contribution in [-0.4, -0.2) is 11.1 Å². The number of hydrogen-bond acceptors (Lipinski definition) is 1. The fraction of sp³-hybridized carbons (Fsp3) is 0.133. The summed E-state index contributed by atoms with van der Waals surface area (Å²) >= 11 is 0. The summed E-state index contributed by atoms with van der Waals surface area (Å²) in [5.74, 6) is -1.06. The first-order chi connectivity index (χ1) is 9.30. The molecular formula is C15H11F3O2. The Morgan fingerprint density at radius 2 is 1.65 bits per heavy atom. The molecular weight excluding hydrogens is 269 g/mol. The minimum Gasteiger partial charge on any atom is -0.478 e. The first-order valence-corrected chi connectivity index (χ1v) is 5.81. The van der Waals surface area contributed by atoms with Crippen molar-refractivity contribution in [3.8, 4) is 11.1 Å². The summed E-state index contributed by atoms with van der Waals surface area (Å²) in [6.45, 7) is 1.64. The molecule has 2 nitrogen and oxygen atoms in total. The molecule has 0 atom stereocenters. The van der Waals surface area contributed by atoms with Gasteiger partial charge in [-0.3, -0.25) is 0 Å². The Kier molecular flexibility index (Phi) is 3.53. The average molecular weight is 280 g/mol. The lowest BCUT2D eigenvalue weighted by molar-refractivity contribution is -0.137. The van der Waals surface area contributed by atoms with Crippen molar-refractivity contribution in [1.82, 2.24) is 0 Å². The van der Waals surface area contributed by atoms with Crippen LogP contribution in [0.3, 0.4) is 0 Å². The lowest BCUT2D eigenvalue weighted by Crippen LogP contribution is -2.04. The second-order valence-electron chi connectivity index (χ2n) is 4.36. The van der Waals surface area contributed by atoms with Crippen molar-refractivity contribution < 1.29 is 23.1 Å². The number of carboxylic acids is 1. The van der Waals surface area contributed by atoms with Crippen LogP contribution in [0.1, 0.15) is 21.5 Å². The highest BCUT2D eigenvalue weighted by Crippen LogP contribution is 2.32. The van der Waals surface area contributed by atoms with E-state index in [9.17, 15) is 18.0 Å². The number of alkyl halides is 3. The largest absolute Gasteiger partial charge is 0.478 e. The molecule has 104 valence electrons. The number of carboxylic acid groups (broad SMARTS) is 1. The van der Waals surface area contributed by atoms with Gasteiger partial charge < -0.3 is 5.11 Å². The normalized spacial score (nSPS) is 11.4. The van der Waals surface area contributed by atoms with E-state index in [1.54, 1.807) is 19.1 Å². The highest BCUT2D eigenvalue weighted by molar-refractivity contribution is 5.92. The molecule has 2 aromatic rings. The molecule has 0 aliphatic carbocycles. The number of carbonyl (C=O) groups is 1. The molecule has 0 bridgehead atoms. The van der Waals surface area contributed by atoms with Crippen molar-refractivity contribution in [3.05, 3.63) is 59.2 Å².